The monoisotopic (exact) mass is 424 g/mol. The van der Waals surface area contributed by atoms with E-state index in [1.165, 1.54) is 37.1 Å². The second-order valence-electron chi connectivity index (χ2n) is 6.65. The summed E-state index contributed by atoms with van der Waals surface area (Å²) < 4.78 is 41.1. The van der Waals surface area contributed by atoms with Crippen molar-refractivity contribution in [1.29, 1.82) is 0 Å². The van der Waals surface area contributed by atoms with E-state index >= 15 is 0 Å². The van der Waals surface area contributed by atoms with Gasteiger partial charge in [0.15, 0.2) is 5.69 Å². The van der Waals surface area contributed by atoms with Crippen LogP contribution in [-0.2, 0) is 11.0 Å². The molecule has 0 spiro atoms. The lowest BCUT2D eigenvalue weighted by atomic mass is 10.1. The van der Waals surface area contributed by atoms with Gasteiger partial charge in [0.25, 0.3) is 5.91 Å². The largest absolute Gasteiger partial charge is 0.418 e. The van der Waals surface area contributed by atoms with E-state index in [4.69, 9.17) is 0 Å². The van der Waals surface area contributed by atoms with Gasteiger partial charge in [-0.2, -0.15) is 18.3 Å². The molecule has 0 aliphatic rings. The fourth-order valence-corrected chi connectivity index (χ4v) is 2.97. The van der Waals surface area contributed by atoms with Crippen molar-refractivity contribution in [3.05, 3.63) is 57.5 Å². The fraction of sp³-hybridized carbons (Fsp3) is 0.400. The topological polar surface area (TPSA) is 75.5 Å². The second kappa shape index (κ2) is 9.10. The van der Waals surface area contributed by atoms with E-state index in [0.29, 0.717) is 13.1 Å². The predicted octanol–water partition coefficient (Wildman–Crippen LogP) is 2.50. The van der Waals surface area contributed by atoms with Crippen LogP contribution in [0.15, 0.2) is 35.1 Å². The number of amides is 2. The van der Waals surface area contributed by atoms with Crippen LogP contribution in [-0.4, -0.2) is 58.1 Å². The van der Waals surface area contributed by atoms with Gasteiger partial charge in [-0.1, -0.05) is 12.1 Å². The van der Waals surface area contributed by atoms with E-state index in [9.17, 15) is 27.6 Å². The lowest BCUT2D eigenvalue weighted by Gasteiger charge is -2.23. The summed E-state index contributed by atoms with van der Waals surface area (Å²) in [5.74, 6) is -1.16. The zero-order valence-corrected chi connectivity index (χ0v) is 17.2. The summed E-state index contributed by atoms with van der Waals surface area (Å²) in [5.41, 5.74) is -2.42. The van der Waals surface area contributed by atoms with Crippen LogP contribution in [0.25, 0.3) is 5.69 Å². The Balaban J connectivity index is 2.47. The van der Waals surface area contributed by atoms with Crippen molar-refractivity contribution in [2.24, 2.45) is 0 Å². The number of carbonyl (C=O) groups excluding carboxylic acids is 2. The van der Waals surface area contributed by atoms with Crippen LogP contribution >= 0.6 is 0 Å². The molecule has 0 saturated heterocycles. The van der Waals surface area contributed by atoms with E-state index in [0.717, 1.165) is 21.7 Å². The van der Waals surface area contributed by atoms with Gasteiger partial charge in [0.1, 0.15) is 0 Å². The number of alkyl halides is 3. The van der Waals surface area contributed by atoms with Gasteiger partial charge in [-0.15, -0.1) is 0 Å². The number of benzene rings is 1. The minimum absolute atomic E-state index is 0.134. The molecule has 0 aliphatic heterocycles. The maximum Gasteiger partial charge on any atom is 0.418 e. The van der Waals surface area contributed by atoms with E-state index < -0.39 is 28.8 Å². The highest BCUT2D eigenvalue weighted by atomic mass is 19.4. The standard InChI is InChI=1S/C20H23F3N4O3/c1-5-26(6-2)17(29)12-25(4)19(30)18-16(28)11-13(3)27(24-18)15-10-8-7-9-14(15)20(21,22)23/h7-11H,5-6,12H2,1-4H3. The van der Waals surface area contributed by atoms with Crippen molar-refractivity contribution in [3.63, 3.8) is 0 Å². The third kappa shape index (κ3) is 4.87. The highest BCUT2D eigenvalue weighted by Crippen LogP contribution is 2.33. The fourth-order valence-electron chi connectivity index (χ4n) is 2.97. The number of nitrogens with zero attached hydrogens (tertiary/aromatic N) is 4. The lowest BCUT2D eigenvalue weighted by molar-refractivity contribution is -0.137. The maximum atomic E-state index is 13.4. The summed E-state index contributed by atoms with van der Waals surface area (Å²) in [6.07, 6.45) is -4.65. The Hall–Kier alpha value is -3.17. The molecule has 1 heterocycles. The van der Waals surface area contributed by atoms with Crippen LogP contribution in [0.2, 0.25) is 0 Å². The second-order valence-corrected chi connectivity index (χ2v) is 6.65. The van der Waals surface area contributed by atoms with E-state index in [2.05, 4.69) is 5.10 Å². The summed E-state index contributed by atoms with van der Waals surface area (Å²) in [4.78, 5) is 39.9. The summed E-state index contributed by atoms with van der Waals surface area (Å²) in [6.45, 7) is 5.64. The molecule has 2 rings (SSSR count). The maximum absolute atomic E-state index is 13.4. The molecule has 2 amide bonds. The number of carbonyl (C=O) groups is 2. The summed E-state index contributed by atoms with van der Waals surface area (Å²) in [7, 11) is 1.33. The average Bonchev–Trinajstić information content (AvgIpc) is 2.68. The molecular weight excluding hydrogens is 401 g/mol. The van der Waals surface area contributed by atoms with Gasteiger partial charge in [-0.25, -0.2) is 4.68 Å². The average molecular weight is 424 g/mol. The molecule has 0 aliphatic carbocycles. The van der Waals surface area contributed by atoms with Crippen LogP contribution in [0.5, 0.6) is 0 Å². The molecule has 0 atom stereocenters. The molecular formula is C20H23F3N4O3. The Labute approximate surface area is 171 Å². The molecule has 0 unspecified atom stereocenters. The highest BCUT2D eigenvalue weighted by molar-refractivity contribution is 5.94. The highest BCUT2D eigenvalue weighted by Gasteiger charge is 2.34. The first-order chi connectivity index (χ1) is 14.0. The predicted molar refractivity (Wildman–Crippen MR) is 104 cm³/mol. The van der Waals surface area contributed by atoms with Crippen LogP contribution < -0.4 is 5.43 Å². The van der Waals surface area contributed by atoms with Crippen LogP contribution in [0.1, 0.15) is 35.6 Å². The molecule has 1 aromatic carbocycles. The number of halogens is 3. The Bertz CT molecular complexity index is 998. The zero-order chi connectivity index (χ0) is 22.6. The van der Waals surface area contributed by atoms with Crippen LogP contribution in [0, 0.1) is 6.92 Å². The van der Waals surface area contributed by atoms with Crippen molar-refractivity contribution in [3.8, 4) is 5.69 Å². The third-order valence-electron chi connectivity index (χ3n) is 4.58. The molecule has 7 nitrogen and oxygen atoms in total. The third-order valence-corrected chi connectivity index (χ3v) is 4.58. The smallest absolute Gasteiger partial charge is 0.342 e. The summed E-state index contributed by atoms with van der Waals surface area (Å²) in [6, 6.07) is 5.79. The summed E-state index contributed by atoms with van der Waals surface area (Å²) in [5, 5.41) is 3.92. The Morgan fingerprint density at radius 2 is 1.73 bits per heavy atom. The van der Waals surface area contributed by atoms with Gasteiger partial charge in [0.2, 0.25) is 11.3 Å². The zero-order valence-electron chi connectivity index (χ0n) is 17.2. The van der Waals surface area contributed by atoms with E-state index in [-0.39, 0.29) is 23.8 Å². The van der Waals surface area contributed by atoms with Crippen molar-refractivity contribution in [1.82, 2.24) is 19.6 Å². The SMILES string of the molecule is CCN(CC)C(=O)CN(C)C(=O)c1nn(-c2ccccc2C(F)(F)F)c(C)cc1=O. The quantitative estimate of drug-likeness (QED) is 0.714. The van der Waals surface area contributed by atoms with Gasteiger partial charge in [0, 0.05) is 31.9 Å². The normalized spacial score (nSPS) is 11.3. The Morgan fingerprint density at radius 3 is 2.30 bits per heavy atom. The van der Waals surface area contributed by atoms with Crippen LogP contribution in [0.3, 0.4) is 0 Å². The van der Waals surface area contributed by atoms with E-state index in [1.807, 2.05) is 0 Å². The molecule has 30 heavy (non-hydrogen) atoms. The Kier molecular flexibility index (Phi) is 7.01. The number of aromatic nitrogens is 2. The molecule has 10 heteroatoms. The molecule has 0 fully saturated rings. The van der Waals surface area contributed by atoms with E-state index in [1.54, 1.807) is 13.8 Å². The Morgan fingerprint density at radius 1 is 1.13 bits per heavy atom. The number of likely N-dealkylation sites (N-methyl/N-ethyl adjacent to an activating group) is 2. The molecule has 0 N–H and O–H groups in total. The lowest BCUT2D eigenvalue weighted by Crippen LogP contribution is -2.42. The number of hydrogen-bond donors (Lipinski definition) is 0. The summed E-state index contributed by atoms with van der Waals surface area (Å²) >= 11 is 0. The van der Waals surface area contributed by atoms with Crippen molar-refractivity contribution in [2.45, 2.75) is 26.9 Å². The number of para-hydroxylation sites is 1. The molecule has 0 radical (unpaired) electrons. The van der Waals surface area contributed by atoms with Gasteiger partial charge in [0.05, 0.1) is 17.8 Å². The van der Waals surface area contributed by atoms with Gasteiger partial charge in [-0.3, -0.25) is 14.4 Å². The van der Waals surface area contributed by atoms with Crippen LogP contribution in [0.4, 0.5) is 13.2 Å². The minimum Gasteiger partial charge on any atom is -0.342 e. The molecule has 2 aromatic rings. The van der Waals surface area contributed by atoms with Crippen molar-refractivity contribution < 1.29 is 22.8 Å². The van der Waals surface area contributed by atoms with Gasteiger partial charge in [-0.05, 0) is 32.9 Å². The van der Waals surface area contributed by atoms with Gasteiger partial charge < -0.3 is 9.80 Å². The molecule has 0 bridgehead atoms. The minimum atomic E-state index is -4.65. The molecule has 0 saturated carbocycles. The van der Waals surface area contributed by atoms with Crippen molar-refractivity contribution in [2.75, 3.05) is 26.7 Å². The first-order valence-corrected chi connectivity index (χ1v) is 9.32. The first-order valence-electron chi connectivity index (χ1n) is 9.32. The number of rotatable bonds is 6. The molecule has 162 valence electrons. The van der Waals surface area contributed by atoms with Crippen molar-refractivity contribution >= 4 is 11.8 Å². The van der Waals surface area contributed by atoms with Gasteiger partial charge >= 0.3 is 6.18 Å². The number of hydrogen-bond acceptors (Lipinski definition) is 4. The first kappa shape index (κ1) is 23.1. The number of aryl methyl sites for hydroxylation is 1. The molecule has 1 aromatic heterocycles.